The second-order valence-electron chi connectivity index (χ2n) is 13.5. The maximum atomic E-state index is 12.4. The number of aliphatic hydroxyl groups is 1. The minimum absolute atomic E-state index is 0.0465. The summed E-state index contributed by atoms with van der Waals surface area (Å²) in [7, 11) is 4.41. The number of fused-ring (bicyclic) bond motifs is 7. The van der Waals surface area contributed by atoms with Crippen LogP contribution in [0.15, 0.2) is 91.0 Å². The molecule has 5 fully saturated rings. The van der Waals surface area contributed by atoms with E-state index in [-0.39, 0.29) is 24.8 Å². The van der Waals surface area contributed by atoms with Crippen LogP contribution in [0.1, 0.15) is 67.2 Å². The Bertz CT molecular complexity index is 1340. The number of piperidine rings is 2. The summed E-state index contributed by atoms with van der Waals surface area (Å²) in [4.78, 5) is 17.4. The molecule has 0 amide bonds. The smallest absolute Gasteiger partial charge is 0.316 e. The average Bonchev–Trinajstić information content (AvgIpc) is 3.81. The predicted octanol–water partition coefficient (Wildman–Crippen LogP) is 5.34. The van der Waals surface area contributed by atoms with E-state index in [4.69, 9.17) is 14.2 Å². The predicted molar refractivity (Wildman–Crippen MR) is 173 cm³/mol. The van der Waals surface area contributed by atoms with Crippen molar-refractivity contribution in [3.8, 4) is 0 Å². The normalized spacial score (nSPS) is 32.4. The van der Waals surface area contributed by atoms with Gasteiger partial charge in [0.05, 0.1) is 12.7 Å². The first-order chi connectivity index (χ1) is 22.0. The molecule has 0 spiro atoms. The molecular formula is C38H46N2O5. The number of esters is 1. The molecule has 0 aromatic heterocycles. The van der Waals surface area contributed by atoms with Crippen LogP contribution in [0.25, 0.3) is 0 Å². The van der Waals surface area contributed by atoms with E-state index < -0.39 is 5.92 Å². The van der Waals surface area contributed by atoms with E-state index in [1.807, 2.05) is 30.3 Å². The minimum Gasteiger partial charge on any atom is -0.462 e. The van der Waals surface area contributed by atoms with Gasteiger partial charge in [-0.2, -0.15) is 0 Å². The molecule has 0 saturated carbocycles. The highest BCUT2D eigenvalue weighted by atomic mass is 16.6. The van der Waals surface area contributed by atoms with E-state index in [1.165, 1.54) is 36.8 Å². The van der Waals surface area contributed by atoms with Gasteiger partial charge in [0, 0.05) is 37.0 Å². The van der Waals surface area contributed by atoms with Crippen molar-refractivity contribution in [1.29, 1.82) is 0 Å². The molecule has 2 unspecified atom stereocenters. The van der Waals surface area contributed by atoms with Crippen LogP contribution < -0.4 is 0 Å². The number of benzene rings is 3. The number of nitrogens with zero attached hydrogens (tertiary/aromatic N) is 2. The van der Waals surface area contributed by atoms with Crippen molar-refractivity contribution in [2.45, 2.75) is 99.1 Å². The molecule has 1 N–H and O–H groups in total. The Kier molecular flexibility index (Phi) is 9.07. The summed E-state index contributed by atoms with van der Waals surface area (Å²) >= 11 is 0. The lowest BCUT2D eigenvalue weighted by Gasteiger charge is -2.38. The number of morpholine rings is 1. The zero-order valence-electron chi connectivity index (χ0n) is 26.4. The van der Waals surface area contributed by atoms with Crippen molar-refractivity contribution in [2.24, 2.45) is 0 Å². The van der Waals surface area contributed by atoms with Crippen LogP contribution >= 0.6 is 0 Å². The number of carbonyl (C=O) groups excluding carboxylic acids is 1. The number of epoxide rings is 1. The van der Waals surface area contributed by atoms with Crippen molar-refractivity contribution in [2.75, 3.05) is 20.7 Å². The monoisotopic (exact) mass is 610 g/mol. The number of hydrogen-bond acceptors (Lipinski definition) is 7. The second kappa shape index (κ2) is 13.3. The maximum absolute atomic E-state index is 12.4. The zero-order chi connectivity index (χ0) is 30.9. The molecule has 3 aromatic rings. The van der Waals surface area contributed by atoms with Gasteiger partial charge in [-0.15, -0.1) is 0 Å². The van der Waals surface area contributed by atoms with Crippen LogP contribution in [0.4, 0.5) is 0 Å². The van der Waals surface area contributed by atoms with E-state index in [9.17, 15) is 9.90 Å². The van der Waals surface area contributed by atoms with Crippen molar-refractivity contribution in [3.05, 3.63) is 108 Å². The molecule has 3 aromatic carbocycles. The maximum Gasteiger partial charge on any atom is 0.316 e. The van der Waals surface area contributed by atoms with Gasteiger partial charge >= 0.3 is 5.97 Å². The van der Waals surface area contributed by atoms with Crippen LogP contribution in [-0.4, -0.2) is 90.2 Å². The lowest BCUT2D eigenvalue weighted by molar-refractivity contribution is -0.156. The number of rotatable bonds is 8. The van der Waals surface area contributed by atoms with Gasteiger partial charge in [0.1, 0.15) is 30.3 Å². The molecular weight excluding hydrogens is 564 g/mol. The topological polar surface area (TPSA) is 74.8 Å². The van der Waals surface area contributed by atoms with Gasteiger partial charge in [-0.25, -0.2) is 0 Å². The highest BCUT2D eigenvalue weighted by molar-refractivity contribution is 5.78. The summed E-state index contributed by atoms with van der Waals surface area (Å²) in [6.07, 6.45) is 7.69. The summed E-state index contributed by atoms with van der Waals surface area (Å²) < 4.78 is 18.0. The third-order valence-electron chi connectivity index (χ3n) is 10.9. The van der Waals surface area contributed by atoms with Crippen molar-refractivity contribution in [1.82, 2.24) is 9.80 Å². The van der Waals surface area contributed by atoms with Crippen LogP contribution in [0.2, 0.25) is 0 Å². The van der Waals surface area contributed by atoms with Gasteiger partial charge in [-0.05, 0) is 56.5 Å². The van der Waals surface area contributed by atoms with Gasteiger partial charge in [-0.1, -0.05) is 91.0 Å². The Balaban J connectivity index is 0.000000145. The van der Waals surface area contributed by atoms with E-state index in [0.717, 1.165) is 18.4 Å². The fourth-order valence-electron chi connectivity index (χ4n) is 8.31. The number of likely N-dealkylation sites (N-methyl/N-ethyl adjacent to an activating group) is 1. The SMILES string of the molecule is CN1[C@@H]2CC(OC(=O)[C@H](CO)c3ccccc3)C[C@H]1[C@@H]1O[C@@H]12.CN1[C@@H]2CC[C@H]1CC(OC(c1ccccc1)c1ccccc1)C2. The molecule has 45 heavy (non-hydrogen) atoms. The molecule has 9 atom stereocenters. The van der Waals surface area contributed by atoms with E-state index in [0.29, 0.717) is 42.5 Å². The molecule has 7 heteroatoms. The standard InChI is InChI=1S/C21H25NO.C17H21NO4/c1-22-18-12-13-19(22)15-20(14-18)23-21(16-8-4-2-5-9-16)17-10-6-3-7-11-17;1-18-13-7-11(8-14(18)16-15(13)22-16)21-17(20)12(9-19)10-5-3-2-4-6-10/h2-11,18-21H,12-15H2,1H3;2-6,11-16,19H,7-9H2,1H3/t18-,19+,20?;11?,12-,13-,14+,15-,16+/m.1/s1. The molecule has 5 heterocycles. The van der Waals surface area contributed by atoms with E-state index in [2.05, 4.69) is 84.6 Å². The van der Waals surface area contributed by atoms with Crippen molar-refractivity contribution < 1.29 is 24.1 Å². The van der Waals surface area contributed by atoms with Gasteiger partial charge in [0.2, 0.25) is 0 Å². The first-order valence-electron chi connectivity index (χ1n) is 16.7. The van der Waals surface area contributed by atoms with Gasteiger partial charge in [0.25, 0.3) is 0 Å². The molecule has 0 radical (unpaired) electrons. The Morgan fingerprint density at radius 2 is 1.22 bits per heavy atom. The summed E-state index contributed by atoms with van der Waals surface area (Å²) in [5, 5.41) is 9.56. The fourth-order valence-corrected chi connectivity index (χ4v) is 8.31. The van der Waals surface area contributed by atoms with E-state index >= 15 is 0 Å². The number of carbonyl (C=O) groups is 1. The zero-order valence-corrected chi connectivity index (χ0v) is 26.4. The molecule has 0 aliphatic carbocycles. The van der Waals surface area contributed by atoms with Crippen molar-refractivity contribution >= 4 is 5.97 Å². The molecule has 4 bridgehead atoms. The molecule has 7 nitrogen and oxygen atoms in total. The van der Waals surface area contributed by atoms with Gasteiger partial charge in [-0.3, -0.25) is 9.69 Å². The van der Waals surface area contributed by atoms with Crippen LogP contribution in [0.5, 0.6) is 0 Å². The Labute approximate surface area is 267 Å². The molecule has 238 valence electrons. The first kappa shape index (κ1) is 30.6. The third kappa shape index (κ3) is 6.47. The Morgan fingerprint density at radius 3 is 1.71 bits per heavy atom. The van der Waals surface area contributed by atoms with Gasteiger partial charge in [0.15, 0.2) is 0 Å². The number of ether oxygens (including phenoxy) is 3. The summed E-state index contributed by atoms with van der Waals surface area (Å²) in [6.45, 7) is -0.226. The largest absolute Gasteiger partial charge is 0.462 e. The average molecular weight is 611 g/mol. The van der Waals surface area contributed by atoms with Crippen LogP contribution in [0, 0.1) is 0 Å². The van der Waals surface area contributed by atoms with Crippen LogP contribution in [0.3, 0.4) is 0 Å². The fraction of sp³-hybridized carbons (Fsp3) is 0.500. The molecule has 5 aliphatic rings. The number of hydrogen-bond donors (Lipinski definition) is 1. The van der Waals surface area contributed by atoms with Crippen molar-refractivity contribution in [3.63, 3.8) is 0 Å². The van der Waals surface area contributed by atoms with Gasteiger partial charge < -0.3 is 24.2 Å². The Hall–Kier alpha value is -3.07. The Morgan fingerprint density at radius 1 is 0.733 bits per heavy atom. The quantitative estimate of drug-likeness (QED) is 0.273. The minimum atomic E-state index is -0.593. The summed E-state index contributed by atoms with van der Waals surface area (Å²) in [5.41, 5.74) is 3.31. The molecule has 5 saturated heterocycles. The lowest BCUT2D eigenvalue weighted by atomic mass is 9.97. The summed E-state index contributed by atoms with van der Waals surface area (Å²) in [6, 6.07) is 32.8. The highest BCUT2D eigenvalue weighted by Gasteiger charge is 2.62. The lowest BCUT2D eigenvalue weighted by Crippen LogP contribution is -2.48. The highest BCUT2D eigenvalue weighted by Crippen LogP contribution is 2.48. The first-order valence-corrected chi connectivity index (χ1v) is 16.7. The van der Waals surface area contributed by atoms with Crippen LogP contribution in [-0.2, 0) is 19.0 Å². The molecule has 8 rings (SSSR count). The summed E-state index contributed by atoms with van der Waals surface area (Å²) in [5.74, 6) is -0.915. The third-order valence-corrected chi connectivity index (χ3v) is 10.9. The molecule has 5 aliphatic heterocycles. The number of aliphatic hydroxyl groups excluding tert-OH is 1. The second-order valence-corrected chi connectivity index (χ2v) is 13.5. The van der Waals surface area contributed by atoms with E-state index in [1.54, 1.807) is 0 Å².